The monoisotopic (exact) mass is 308 g/mol. The fourth-order valence-electron chi connectivity index (χ4n) is 0.636. The lowest BCUT2D eigenvalue weighted by atomic mass is 10.1. The summed E-state index contributed by atoms with van der Waals surface area (Å²) >= 11 is 0. The zero-order chi connectivity index (χ0) is 15.9. The fourth-order valence-corrected chi connectivity index (χ4v) is 0.636. The van der Waals surface area contributed by atoms with Gasteiger partial charge in [0.1, 0.15) is 0 Å². The van der Waals surface area contributed by atoms with Crippen molar-refractivity contribution < 1.29 is 53.8 Å². The summed E-state index contributed by atoms with van der Waals surface area (Å²) in [5.74, 6) is -19.8. The molecule has 12 heteroatoms. The Morgan fingerprint density at radius 2 is 1.21 bits per heavy atom. The van der Waals surface area contributed by atoms with Gasteiger partial charge in [-0.2, -0.15) is 43.9 Å². The third kappa shape index (κ3) is 3.29. The maximum Gasteiger partial charge on any atom is 0.460 e. The van der Waals surface area contributed by atoms with Crippen molar-refractivity contribution in [3.63, 3.8) is 0 Å². The molecule has 0 unspecified atom stereocenters. The molecule has 0 radical (unpaired) electrons. The molecule has 2 nitrogen and oxygen atoms in total. The van der Waals surface area contributed by atoms with E-state index in [1.807, 2.05) is 0 Å². The number of hydrogen-bond acceptors (Lipinski definition) is 2. The van der Waals surface area contributed by atoms with Crippen LogP contribution in [-0.4, -0.2) is 35.1 Å². The molecule has 0 amide bonds. The van der Waals surface area contributed by atoms with Crippen LogP contribution in [0.3, 0.4) is 0 Å². The van der Waals surface area contributed by atoms with E-state index >= 15 is 0 Å². The summed E-state index contributed by atoms with van der Waals surface area (Å²) in [5.41, 5.74) is 0. The van der Waals surface area contributed by atoms with Crippen LogP contribution in [0.2, 0.25) is 0 Å². The van der Waals surface area contributed by atoms with Gasteiger partial charge in [0.25, 0.3) is 5.78 Å². The molecule has 0 rings (SSSR count). The molecule has 19 heavy (non-hydrogen) atoms. The first-order chi connectivity index (χ1) is 8.05. The van der Waals surface area contributed by atoms with Crippen LogP contribution in [0.5, 0.6) is 0 Å². The summed E-state index contributed by atoms with van der Waals surface area (Å²) in [5, 5.41) is 8.22. The number of halogens is 10. The number of allylic oxidation sites excluding steroid dienone is 2. The molecular formula is C7H2F10O2. The Morgan fingerprint density at radius 1 is 0.842 bits per heavy atom. The van der Waals surface area contributed by atoms with Gasteiger partial charge in [-0.15, -0.1) is 0 Å². The van der Waals surface area contributed by atoms with Crippen molar-refractivity contribution in [2.45, 2.75) is 24.2 Å². The smallest absolute Gasteiger partial charge is 0.460 e. The highest BCUT2D eigenvalue weighted by atomic mass is 19.4. The van der Waals surface area contributed by atoms with Gasteiger partial charge in [-0.1, -0.05) is 0 Å². The van der Waals surface area contributed by atoms with Crippen molar-refractivity contribution in [2.75, 3.05) is 0 Å². The quantitative estimate of drug-likeness (QED) is 0.493. The van der Waals surface area contributed by atoms with Crippen LogP contribution in [0, 0.1) is 0 Å². The van der Waals surface area contributed by atoms with Gasteiger partial charge in [0.05, 0.1) is 0 Å². The maximum atomic E-state index is 12.5. The lowest BCUT2D eigenvalue weighted by Gasteiger charge is -2.27. The van der Waals surface area contributed by atoms with Gasteiger partial charge in [-0.05, 0) is 0 Å². The Morgan fingerprint density at radius 3 is 1.47 bits per heavy atom. The van der Waals surface area contributed by atoms with Crippen LogP contribution in [0.4, 0.5) is 43.9 Å². The molecule has 0 spiro atoms. The number of aliphatic hydroxyl groups is 1. The van der Waals surface area contributed by atoms with Crippen molar-refractivity contribution in [3.8, 4) is 0 Å². The second-order valence-electron chi connectivity index (χ2n) is 3.04. The molecule has 112 valence electrons. The number of carbonyl (C=O) groups excluding carboxylic acids is 1. The summed E-state index contributed by atoms with van der Waals surface area (Å²) in [4.78, 5) is 10.1. The minimum absolute atomic E-state index is 1.44. The van der Waals surface area contributed by atoms with Crippen LogP contribution in [0.25, 0.3) is 0 Å². The van der Waals surface area contributed by atoms with Gasteiger partial charge in [-0.3, -0.25) is 4.79 Å². The summed E-state index contributed by atoms with van der Waals surface area (Å²) in [6, 6.07) is 0. The third-order valence-electron chi connectivity index (χ3n) is 1.62. The number of alkyl halides is 10. The van der Waals surface area contributed by atoms with Gasteiger partial charge >= 0.3 is 24.2 Å². The third-order valence-corrected chi connectivity index (χ3v) is 1.62. The van der Waals surface area contributed by atoms with E-state index in [1.54, 1.807) is 0 Å². The predicted molar refractivity (Wildman–Crippen MR) is 37.7 cm³/mol. The average molecular weight is 308 g/mol. The van der Waals surface area contributed by atoms with Gasteiger partial charge in [0.15, 0.2) is 5.76 Å². The van der Waals surface area contributed by atoms with E-state index in [4.69, 9.17) is 5.11 Å². The largest absolute Gasteiger partial charge is 0.506 e. The van der Waals surface area contributed by atoms with Crippen LogP contribution >= 0.6 is 0 Å². The first kappa shape index (κ1) is 17.5. The van der Waals surface area contributed by atoms with Crippen LogP contribution in [0.1, 0.15) is 0 Å². The van der Waals surface area contributed by atoms with Crippen molar-refractivity contribution >= 4 is 5.78 Å². The molecule has 0 aromatic heterocycles. The highest BCUT2D eigenvalue weighted by molar-refractivity contribution is 5.94. The van der Waals surface area contributed by atoms with Gasteiger partial charge < -0.3 is 5.11 Å². The van der Waals surface area contributed by atoms with Gasteiger partial charge in [0.2, 0.25) is 0 Å². The molecule has 0 aliphatic carbocycles. The lowest BCUT2D eigenvalue weighted by Crippen LogP contribution is -2.53. The molecule has 0 saturated carbocycles. The number of ketones is 1. The second-order valence-corrected chi connectivity index (χ2v) is 3.04. The van der Waals surface area contributed by atoms with E-state index in [-0.39, 0.29) is 0 Å². The first-order valence-corrected chi connectivity index (χ1v) is 3.89. The molecule has 1 N–H and O–H groups in total. The van der Waals surface area contributed by atoms with E-state index < -0.39 is 41.8 Å². The first-order valence-electron chi connectivity index (χ1n) is 3.89. The Labute approximate surface area is 96.9 Å². The van der Waals surface area contributed by atoms with E-state index in [2.05, 4.69) is 0 Å². The Bertz CT molecular complexity index is 388. The second kappa shape index (κ2) is 4.56. The van der Waals surface area contributed by atoms with E-state index in [0.717, 1.165) is 0 Å². The summed E-state index contributed by atoms with van der Waals surface area (Å²) < 4.78 is 119. The average Bonchev–Trinajstić information content (AvgIpc) is 2.13. The van der Waals surface area contributed by atoms with E-state index in [0.29, 0.717) is 0 Å². The highest BCUT2D eigenvalue weighted by Crippen LogP contribution is 2.49. The Kier molecular flexibility index (Phi) is 4.20. The summed E-state index contributed by atoms with van der Waals surface area (Å²) in [6.07, 6.45) is -14.1. The van der Waals surface area contributed by atoms with Crippen LogP contribution < -0.4 is 0 Å². The Hall–Kier alpha value is -1.49. The number of hydrogen-bond donors (Lipinski definition) is 1. The standard InChI is InChI=1S/C7H2F10O2/c8-4(9,6(13,14)7(15,16)17)2(18)1-3(19)5(10,11)12/h1,18H. The molecule has 0 atom stereocenters. The van der Waals surface area contributed by atoms with Crippen molar-refractivity contribution in [2.24, 2.45) is 0 Å². The number of aliphatic hydroxyl groups excluding tert-OH is 1. The molecular weight excluding hydrogens is 306 g/mol. The zero-order valence-electron chi connectivity index (χ0n) is 8.21. The fraction of sp³-hybridized carbons (Fsp3) is 0.571. The minimum atomic E-state index is -6.85. The predicted octanol–water partition coefficient (Wildman–Crippen LogP) is 3.39. The normalized spacial score (nSPS) is 15.6. The topological polar surface area (TPSA) is 37.3 Å². The molecule has 0 aliphatic heterocycles. The van der Waals surface area contributed by atoms with Crippen molar-refractivity contribution in [1.29, 1.82) is 0 Å². The van der Waals surface area contributed by atoms with E-state index in [1.165, 1.54) is 0 Å². The molecule has 0 aromatic carbocycles. The SMILES string of the molecule is O=C(C=C(O)C(F)(F)C(F)(F)C(F)(F)F)C(F)(F)F. The molecule has 0 aliphatic rings. The van der Waals surface area contributed by atoms with Gasteiger partial charge in [0, 0.05) is 6.08 Å². The lowest BCUT2D eigenvalue weighted by molar-refractivity contribution is -0.349. The Balaban J connectivity index is 5.57. The maximum absolute atomic E-state index is 12.5. The minimum Gasteiger partial charge on any atom is -0.506 e. The zero-order valence-corrected chi connectivity index (χ0v) is 8.21. The molecule has 0 saturated heterocycles. The van der Waals surface area contributed by atoms with Crippen LogP contribution in [-0.2, 0) is 4.79 Å². The van der Waals surface area contributed by atoms with Crippen molar-refractivity contribution in [1.82, 2.24) is 0 Å². The molecule has 0 heterocycles. The highest BCUT2D eigenvalue weighted by Gasteiger charge is 2.75. The van der Waals surface area contributed by atoms with Gasteiger partial charge in [-0.25, -0.2) is 0 Å². The summed E-state index contributed by atoms with van der Waals surface area (Å²) in [7, 11) is 0. The molecule has 0 aromatic rings. The van der Waals surface area contributed by atoms with Crippen molar-refractivity contribution in [3.05, 3.63) is 11.8 Å². The number of rotatable bonds is 3. The molecule has 0 bridgehead atoms. The molecule has 0 fully saturated rings. The van der Waals surface area contributed by atoms with Crippen LogP contribution in [0.15, 0.2) is 11.8 Å². The van der Waals surface area contributed by atoms with E-state index in [9.17, 15) is 48.7 Å². The number of carbonyl (C=O) groups is 1. The summed E-state index contributed by atoms with van der Waals surface area (Å²) in [6.45, 7) is 0.